The predicted octanol–water partition coefficient (Wildman–Crippen LogP) is 1.97. The molecule has 0 fully saturated rings. The van der Waals surface area contributed by atoms with Gasteiger partial charge in [0.1, 0.15) is 0 Å². The lowest BCUT2D eigenvalue weighted by Gasteiger charge is -2.01. The molecule has 0 spiro atoms. The van der Waals surface area contributed by atoms with Gasteiger partial charge in [-0.3, -0.25) is 0 Å². The zero-order valence-electron chi connectivity index (χ0n) is 8.73. The number of carbonyl (C=O) groups excluding carboxylic acids is 1. The second kappa shape index (κ2) is 4.18. The summed E-state index contributed by atoms with van der Waals surface area (Å²) in [5, 5.41) is 1.12. The van der Waals surface area contributed by atoms with Crippen LogP contribution in [0, 0.1) is 0 Å². The minimum Gasteiger partial charge on any atom is -0.460 e. The van der Waals surface area contributed by atoms with Crippen LogP contribution in [0.25, 0.3) is 10.8 Å². The van der Waals surface area contributed by atoms with Gasteiger partial charge in [-0.25, -0.2) is 9.59 Å². The summed E-state index contributed by atoms with van der Waals surface area (Å²) in [5.74, 6) is -0.684. The first-order valence-corrected chi connectivity index (χ1v) is 4.92. The monoisotopic (exact) mass is 218 g/mol. The second-order valence-electron chi connectivity index (χ2n) is 3.21. The van der Waals surface area contributed by atoms with E-state index in [1.54, 1.807) is 31.2 Å². The number of ether oxygens (including phenoxy) is 1. The first kappa shape index (κ1) is 10.4. The summed E-state index contributed by atoms with van der Waals surface area (Å²) in [4.78, 5) is 22.9. The van der Waals surface area contributed by atoms with E-state index in [1.165, 1.54) is 6.07 Å². The van der Waals surface area contributed by atoms with Crippen molar-refractivity contribution >= 4 is 16.7 Å². The summed E-state index contributed by atoms with van der Waals surface area (Å²) >= 11 is 0. The Labute approximate surface area is 91.4 Å². The number of esters is 1. The van der Waals surface area contributed by atoms with E-state index in [1.807, 2.05) is 0 Å². The van der Waals surface area contributed by atoms with Gasteiger partial charge in [0.2, 0.25) is 5.76 Å². The maximum atomic E-state index is 11.5. The third-order valence-electron chi connectivity index (χ3n) is 2.15. The van der Waals surface area contributed by atoms with Crippen LogP contribution in [0.1, 0.15) is 17.5 Å². The molecule has 0 aliphatic rings. The molecule has 4 heteroatoms. The number of rotatable bonds is 2. The average molecular weight is 218 g/mol. The highest BCUT2D eigenvalue weighted by Gasteiger charge is 2.12. The maximum absolute atomic E-state index is 11.5. The Kier molecular flexibility index (Phi) is 2.72. The fourth-order valence-electron chi connectivity index (χ4n) is 1.44. The summed E-state index contributed by atoms with van der Waals surface area (Å²) < 4.78 is 9.64. The molecule has 0 saturated carbocycles. The zero-order chi connectivity index (χ0) is 11.5. The fraction of sp³-hybridized carbons (Fsp3) is 0.167. The van der Waals surface area contributed by atoms with Crippen LogP contribution in [0.4, 0.5) is 0 Å². The number of hydrogen-bond donors (Lipinski definition) is 0. The molecule has 2 rings (SSSR count). The van der Waals surface area contributed by atoms with Gasteiger partial charge in [-0.2, -0.15) is 0 Å². The largest absolute Gasteiger partial charge is 0.460 e. The Balaban J connectivity index is 2.58. The Morgan fingerprint density at radius 2 is 2.12 bits per heavy atom. The number of carbonyl (C=O) groups is 1. The topological polar surface area (TPSA) is 56.5 Å². The highest BCUT2D eigenvalue weighted by atomic mass is 16.5. The molecule has 82 valence electrons. The van der Waals surface area contributed by atoms with Crippen LogP contribution in [-0.4, -0.2) is 12.6 Å². The van der Waals surface area contributed by atoms with Crippen LogP contribution < -0.4 is 5.63 Å². The number of benzene rings is 1. The van der Waals surface area contributed by atoms with Crippen LogP contribution >= 0.6 is 0 Å². The van der Waals surface area contributed by atoms with Crippen LogP contribution in [0.2, 0.25) is 0 Å². The zero-order valence-corrected chi connectivity index (χ0v) is 8.73. The molecule has 16 heavy (non-hydrogen) atoms. The molecule has 0 radical (unpaired) electrons. The molecule has 0 aliphatic heterocycles. The van der Waals surface area contributed by atoms with Crippen LogP contribution in [0.3, 0.4) is 0 Å². The standard InChI is InChI=1S/C12H10O4/c1-2-15-12(14)10-7-8-5-3-4-6-9(8)11(13)16-10/h3-7H,2H2,1H3. The molecular weight excluding hydrogens is 208 g/mol. The van der Waals surface area contributed by atoms with Crippen molar-refractivity contribution in [2.24, 2.45) is 0 Å². The van der Waals surface area contributed by atoms with Crippen LogP contribution in [-0.2, 0) is 4.74 Å². The third kappa shape index (κ3) is 1.82. The van der Waals surface area contributed by atoms with Gasteiger partial charge in [0.05, 0.1) is 12.0 Å². The predicted molar refractivity (Wildman–Crippen MR) is 58.4 cm³/mol. The van der Waals surface area contributed by atoms with E-state index in [2.05, 4.69) is 0 Å². The Morgan fingerprint density at radius 3 is 2.88 bits per heavy atom. The van der Waals surface area contributed by atoms with E-state index >= 15 is 0 Å². The first-order valence-electron chi connectivity index (χ1n) is 4.92. The molecule has 0 aliphatic carbocycles. The summed E-state index contributed by atoms with van der Waals surface area (Å²) in [6.45, 7) is 1.94. The lowest BCUT2D eigenvalue weighted by molar-refractivity contribution is 0.0485. The minimum atomic E-state index is -0.620. The van der Waals surface area contributed by atoms with Crippen molar-refractivity contribution < 1.29 is 13.9 Å². The summed E-state index contributed by atoms with van der Waals surface area (Å²) in [6, 6.07) is 8.43. The van der Waals surface area contributed by atoms with E-state index in [0.29, 0.717) is 10.8 Å². The van der Waals surface area contributed by atoms with Crippen molar-refractivity contribution in [2.45, 2.75) is 6.92 Å². The van der Waals surface area contributed by atoms with Crippen molar-refractivity contribution in [3.05, 3.63) is 46.5 Å². The SMILES string of the molecule is CCOC(=O)c1cc2ccccc2c(=O)o1. The van der Waals surface area contributed by atoms with Crippen LogP contribution in [0.15, 0.2) is 39.5 Å². The van der Waals surface area contributed by atoms with Gasteiger partial charge in [0.25, 0.3) is 0 Å². The van der Waals surface area contributed by atoms with E-state index in [4.69, 9.17) is 9.15 Å². The minimum absolute atomic E-state index is 0.0643. The van der Waals surface area contributed by atoms with E-state index < -0.39 is 11.6 Å². The van der Waals surface area contributed by atoms with Gasteiger partial charge < -0.3 is 9.15 Å². The van der Waals surface area contributed by atoms with Gasteiger partial charge in [0.15, 0.2) is 0 Å². The Hall–Kier alpha value is -2.10. The Bertz CT molecular complexity index is 583. The molecular formula is C12H10O4. The van der Waals surface area contributed by atoms with Crippen molar-refractivity contribution in [1.29, 1.82) is 0 Å². The quantitative estimate of drug-likeness (QED) is 0.723. The maximum Gasteiger partial charge on any atom is 0.374 e. The van der Waals surface area contributed by atoms with Gasteiger partial charge >= 0.3 is 11.6 Å². The van der Waals surface area contributed by atoms with Gasteiger partial charge in [-0.05, 0) is 24.4 Å². The van der Waals surface area contributed by atoms with E-state index in [9.17, 15) is 9.59 Å². The van der Waals surface area contributed by atoms with Gasteiger partial charge in [-0.1, -0.05) is 18.2 Å². The van der Waals surface area contributed by atoms with Gasteiger partial charge in [0, 0.05) is 0 Å². The van der Waals surface area contributed by atoms with Crippen molar-refractivity contribution in [2.75, 3.05) is 6.61 Å². The lowest BCUT2D eigenvalue weighted by atomic mass is 10.2. The normalized spacial score (nSPS) is 10.3. The summed E-state index contributed by atoms with van der Waals surface area (Å²) in [5.41, 5.74) is -0.527. The highest BCUT2D eigenvalue weighted by molar-refractivity contribution is 5.91. The van der Waals surface area contributed by atoms with Crippen molar-refractivity contribution in [3.8, 4) is 0 Å². The Morgan fingerprint density at radius 1 is 1.38 bits per heavy atom. The van der Waals surface area contributed by atoms with Crippen LogP contribution in [0.5, 0.6) is 0 Å². The molecule has 0 N–H and O–H groups in total. The summed E-state index contributed by atoms with van der Waals surface area (Å²) in [6.07, 6.45) is 0. The third-order valence-corrected chi connectivity index (χ3v) is 2.15. The number of hydrogen-bond acceptors (Lipinski definition) is 4. The molecule has 1 aromatic heterocycles. The molecule has 2 aromatic rings. The lowest BCUT2D eigenvalue weighted by Crippen LogP contribution is -2.09. The molecule has 0 bridgehead atoms. The second-order valence-corrected chi connectivity index (χ2v) is 3.21. The van der Waals surface area contributed by atoms with Gasteiger partial charge in [-0.15, -0.1) is 0 Å². The average Bonchev–Trinajstić information content (AvgIpc) is 2.29. The van der Waals surface area contributed by atoms with E-state index in [-0.39, 0.29) is 12.4 Å². The molecule has 1 aromatic carbocycles. The van der Waals surface area contributed by atoms with E-state index in [0.717, 1.165) is 0 Å². The molecule has 0 atom stereocenters. The molecule has 0 saturated heterocycles. The highest BCUT2D eigenvalue weighted by Crippen LogP contribution is 2.12. The van der Waals surface area contributed by atoms with Crippen molar-refractivity contribution in [3.63, 3.8) is 0 Å². The molecule has 1 heterocycles. The first-order chi connectivity index (χ1) is 7.72. The number of fused-ring (bicyclic) bond motifs is 1. The smallest absolute Gasteiger partial charge is 0.374 e. The molecule has 0 unspecified atom stereocenters. The molecule has 0 amide bonds. The fourth-order valence-corrected chi connectivity index (χ4v) is 1.44. The summed E-state index contributed by atoms with van der Waals surface area (Å²) in [7, 11) is 0. The molecule has 4 nitrogen and oxygen atoms in total. The van der Waals surface area contributed by atoms with Crippen molar-refractivity contribution in [1.82, 2.24) is 0 Å².